The molecule has 0 bridgehead atoms. The van der Waals surface area contributed by atoms with E-state index in [4.69, 9.17) is 4.42 Å². The van der Waals surface area contributed by atoms with Crippen LogP contribution in [-0.4, -0.2) is 15.9 Å². The summed E-state index contributed by atoms with van der Waals surface area (Å²) in [6.45, 7) is 2.19. The van der Waals surface area contributed by atoms with E-state index in [0.717, 1.165) is 17.2 Å². The third kappa shape index (κ3) is 3.60. The highest BCUT2D eigenvalue weighted by atomic mass is 19.1. The van der Waals surface area contributed by atoms with Crippen LogP contribution in [0.3, 0.4) is 0 Å². The third-order valence-corrected chi connectivity index (χ3v) is 3.27. The molecule has 0 fully saturated rings. The van der Waals surface area contributed by atoms with Crippen molar-refractivity contribution in [2.75, 3.05) is 0 Å². The molecule has 0 saturated heterocycles. The summed E-state index contributed by atoms with van der Waals surface area (Å²) in [5.41, 5.74) is 2.81. The lowest BCUT2D eigenvalue weighted by Gasteiger charge is -2.02. The number of benzene rings is 1. The maximum Gasteiger partial charge on any atom is 0.251 e. The molecule has 0 aliphatic heterocycles. The zero-order valence-corrected chi connectivity index (χ0v) is 12.4. The van der Waals surface area contributed by atoms with Crippen LogP contribution in [0.25, 0.3) is 11.5 Å². The molecule has 0 aliphatic rings. The largest absolute Gasteiger partial charge is 0.444 e. The highest BCUT2D eigenvalue weighted by molar-refractivity contribution is 5.93. The van der Waals surface area contributed by atoms with E-state index in [1.54, 1.807) is 0 Å². The highest BCUT2D eigenvalue weighted by Gasteiger charge is 2.10. The Morgan fingerprint density at radius 2 is 2.04 bits per heavy atom. The minimum absolute atomic E-state index is 0.193. The average molecular weight is 311 g/mol. The van der Waals surface area contributed by atoms with Gasteiger partial charge >= 0.3 is 0 Å². The molecule has 0 unspecified atom stereocenters. The molecule has 2 aromatic heterocycles. The lowest BCUT2D eigenvalue weighted by Crippen LogP contribution is -2.23. The second-order valence-corrected chi connectivity index (χ2v) is 5.06. The first-order valence-corrected chi connectivity index (χ1v) is 7.03. The second-order valence-electron chi connectivity index (χ2n) is 5.06. The molecule has 0 spiro atoms. The quantitative estimate of drug-likeness (QED) is 0.752. The van der Waals surface area contributed by atoms with Crippen molar-refractivity contribution in [2.45, 2.75) is 13.5 Å². The Balaban J connectivity index is 1.65. The fourth-order valence-electron chi connectivity index (χ4n) is 2.03. The molecule has 1 amide bonds. The normalized spacial score (nSPS) is 10.5. The summed E-state index contributed by atoms with van der Waals surface area (Å²) in [6, 6.07) is 10.3. The Morgan fingerprint density at radius 1 is 1.26 bits per heavy atom. The maximum atomic E-state index is 13.0. The molecular weight excluding hydrogens is 297 g/mol. The first-order valence-electron chi connectivity index (χ1n) is 7.03. The van der Waals surface area contributed by atoms with Crippen LogP contribution < -0.4 is 5.32 Å². The van der Waals surface area contributed by atoms with Crippen molar-refractivity contribution in [1.82, 2.24) is 15.3 Å². The van der Waals surface area contributed by atoms with Crippen molar-refractivity contribution in [2.24, 2.45) is 0 Å². The Bertz CT molecular complexity index is 828. The number of hydrogen-bond acceptors (Lipinski definition) is 4. The van der Waals surface area contributed by atoms with Gasteiger partial charge in [-0.3, -0.25) is 4.79 Å². The molecule has 0 aliphatic carbocycles. The van der Waals surface area contributed by atoms with Gasteiger partial charge in [-0.05, 0) is 25.1 Å². The van der Waals surface area contributed by atoms with E-state index in [0.29, 0.717) is 11.6 Å². The average Bonchev–Trinajstić information content (AvgIpc) is 3.02. The van der Waals surface area contributed by atoms with Crippen molar-refractivity contribution in [3.05, 3.63) is 71.6 Å². The van der Waals surface area contributed by atoms with Gasteiger partial charge in [0.05, 0.1) is 12.2 Å². The Labute approximate surface area is 132 Å². The maximum absolute atomic E-state index is 13.0. The fourth-order valence-corrected chi connectivity index (χ4v) is 2.03. The minimum atomic E-state index is -0.694. The summed E-state index contributed by atoms with van der Waals surface area (Å²) in [5.74, 6) is -0.601. The summed E-state index contributed by atoms with van der Waals surface area (Å²) in [6.07, 6.45) is 2.73. The minimum Gasteiger partial charge on any atom is -0.444 e. The van der Waals surface area contributed by atoms with Gasteiger partial charge in [0.1, 0.15) is 6.26 Å². The first kappa shape index (κ1) is 14.9. The Hall–Kier alpha value is -3.02. The van der Waals surface area contributed by atoms with Gasteiger partial charge in [-0.15, -0.1) is 0 Å². The number of nitrogens with one attached hydrogen (secondary N) is 1. The summed E-state index contributed by atoms with van der Waals surface area (Å²) in [7, 11) is 0. The number of carbonyl (C=O) groups excluding carboxylic acids is 1. The summed E-state index contributed by atoms with van der Waals surface area (Å²) >= 11 is 0. The zero-order chi connectivity index (χ0) is 16.2. The number of aryl methyl sites for hydroxylation is 1. The number of amides is 1. The van der Waals surface area contributed by atoms with Gasteiger partial charge in [0.2, 0.25) is 11.8 Å². The SMILES string of the molecule is Cc1ccc(-c2nc(CNC(=O)c3ccnc(F)c3)co2)cc1. The smallest absolute Gasteiger partial charge is 0.251 e. The third-order valence-electron chi connectivity index (χ3n) is 3.27. The van der Waals surface area contributed by atoms with Crippen molar-refractivity contribution >= 4 is 5.91 Å². The van der Waals surface area contributed by atoms with E-state index < -0.39 is 11.9 Å². The number of pyridine rings is 1. The molecule has 116 valence electrons. The van der Waals surface area contributed by atoms with Crippen molar-refractivity contribution < 1.29 is 13.6 Å². The van der Waals surface area contributed by atoms with E-state index >= 15 is 0 Å². The molecule has 0 saturated carbocycles. The van der Waals surface area contributed by atoms with Gasteiger partial charge in [0.25, 0.3) is 5.91 Å². The van der Waals surface area contributed by atoms with E-state index in [1.807, 2.05) is 31.2 Å². The molecule has 1 N–H and O–H groups in total. The summed E-state index contributed by atoms with van der Waals surface area (Å²) in [5, 5.41) is 2.66. The van der Waals surface area contributed by atoms with Gasteiger partial charge in [-0.1, -0.05) is 17.7 Å². The van der Waals surface area contributed by atoms with E-state index in [2.05, 4.69) is 15.3 Å². The second kappa shape index (κ2) is 6.39. The molecular formula is C17H14FN3O2. The fraction of sp³-hybridized carbons (Fsp3) is 0.118. The molecule has 0 radical (unpaired) electrons. The topological polar surface area (TPSA) is 68.0 Å². The van der Waals surface area contributed by atoms with Crippen LogP contribution >= 0.6 is 0 Å². The first-order chi connectivity index (χ1) is 11.1. The van der Waals surface area contributed by atoms with Crippen LogP contribution in [0.2, 0.25) is 0 Å². The van der Waals surface area contributed by atoms with Crippen molar-refractivity contribution in [1.29, 1.82) is 0 Å². The van der Waals surface area contributed by atoms with E-state index in [-0.39, 0.29) is 12.1 Å². The van der Waals surface area contributed by atoms with Crippen molar-refractivity contribution in [3.63, 3.8) is 0 Å². The standard InChI is InChI=1S/C17H14FN3O2/c1-11-2-4-12(5-3-11)17-21-14(10-23-17)9-20-16(22)13-6-7-19-15(18)8-13/h2-8,10H,9H2,1H3,(H,20,22). The number of rotatable bonds is 4. The monoisotopic (exact) mass is 311 g/mol. The molecule has 0 atom stereocenters. The number of carbonyl (C=O) groups is 1. The number of hydrogen-bond donors (Lipinski definition) is 1. The molecule has 3 rings (SSSR count). The predicted octanol–water partition coefficient (Wildman–Crippen LogP) is 3.11. The van der Waals surface area contributed by atoms with Gasteiger partial charge in [0, 0.05) is 23.4 Å². The molecule has 6 heteroatoms. The molecule has 3 aromatic rings. The van der Waals surface area contributed by atoms with E-state index in [9.17, 15) is 9.18 Å². The zero-order valence-electron chi connectivity index (χ0n) is 12.4. The summed E-state index contributed by atoms with van der Waals surface area (Å²) in [4.78, 5) is 19.7. The number of oxazole rings is 1. The molecule has 5 nitrogen and oxygen atoms in total. The number of aromatic nitrogens is 2. The van der Waals surface area contributed by atoms with Gasteiger partial charge < -0.3 is 9.73 Å². The van der Waals surface area contributed by atoms with Gasteiger partial charge in [-0.25, -0.2) is 9.97 Å². The molecule has 1 aromatic carbocycles. The number of halogens is 1. The van der Waals surface area contributed by atoms with Crippen LogP contribution in [-0.2, 0) is 6.54 Å². The summed E-state index contributed by atoms with van der Waals surface area (Å²) < 4.78 is 18.4. The predicted molar refractivity (Wildman–Crippen MR) is 82.0 cm³/mol. The van der Waals surface area contributed by atoms with Crippen LogP contribution in [0.5, 0.6) is 0 Å². The van der Waals surface area contributed by atoms with Crippen LogP contribution in [0.1, 0.15) is 21.6 Å². The molecule has 23 heavy (non-hydrogen) atoms. The lowest BCUT2D eigenvalue weighted by atomic mass is 10.1. The highest BCUT2D eigenvalue weighted by Crippen LogP contribution is 2.19. The number of nitrogens with zero attached hydrogens (tertiary/aromatic N) is 2. The van der Waals surface area contributed by atoms with Crippen LogP contribution in [0.15, 0.2) is 53.3 Å². The Kier molecular flexibility index (Phi) is 4.14. The van der Waals surface area contributed by atoms with E-state index in [1.165, 1.54) is 18.5 Å². The van der Waals surface area contributed by atoms with Gasteiger partial charge in [0.15, 0.2) is 0 Å². The van der Waals surface area contributed by atoms with Crippen LogP contribution in [0.4, 0.5) is 4.39 Å². The van der Waals surface area contributed by atoms with Gasteiger partial charge in [-0.2, -0.15) is 4.39 Å². The lowest BCUT2D eigenvalue weighted by molar-refractivity contribution is 0.0949. The van der Waals surface area contributed by atoms with Crippen LogP contribution in [0, 0.1) is 12.9 Å². The van der Waals surface area contributed by atoms with Crippen molar-refractivity contribution in [3.8, 4) is 11.5 Å². The molecule has 2 heterocycles. The Morgan fingerprint density at radius 3 is 2.78 bits per heavy atom.